The third kappa shape index (κ3) is 2.54. The number of rotatable bonds is 1. The van der Waals surface area contributed by atoms with E-state index in [9.17, 15) is 13.2 Å². The van der Waals surface area contributed by atoms with Gasteiger partial charge in [0.25, 0.3) is 0 Å². The van der Waals surface area contributed by atoms with Crippen molar-refractivity contribution in [3.05, 3.63) is 23.9 Å². The van der Waals surface area contributed by atoms with E-state index in [-0.39, 0.29) is 0 Å². The minimum atomic E-state index is -4.31. The Morgan fingerprint density at radius 3 is 2.74 bits per heavy atom. The number of pyridine rings is 1. The van der Waals surface area contributed by atoms with E-state index in [1.807, 2.05) is 0 Å². The second kappa shape index (κ2) is 4.67. The molecule has 0 spiro atoms. The van der Waals surface area contributed by atoms with Crippen LogP contribution < -0.4 is 10.2 Å². The zero-order valence-electron chi connectivity index (χ0n) is 10.5. The van der Waals surface area contributed by atoms with Crippen LogP contribution in [0.2, 0.25) is 0 Å². The molecule has 2 atom stereocenters. The Balaban J connectivity index is 1.73. The first-order valence-corrected chi connectivity index (χ1v) is 6.55. The molecule has 2 saturated heterocycles. The van der Waals surface area contributed by atoms with Crippen molar-refractivity contribution in [2.75, 3.05) is 24.5 Å². The van der Waals surface area contributed by atoms with Crippen molar-refractivity contribution < 1.29 is 13.2 Å². The van der Waals surface area contributed by atoms with Gasteiger partial charge in [-0.25, -0.2) is 4.98 Å². The number of fused-ring (bicyclic) bond motifs is 1. The number of piperidine rings is 1. The Morgan fingerprint density at radius 2 is 2.11 bits per heavy atom. The first-order valence-electron chi connectivity index (χ1n) is 6.55. The fourth-order valence-electron chi connectivity index (χ4n) is 2.97. The smallest absolute Gasteiger partial charge is 0.355 e. The number of hydrogen-bond acceptors (Lipinski definition) is 3. The first-order chi connectivity index (χ1) is 9.04. The van der Waals surface area contributed by atoms with Gasteiger partial charge >= 0.3 is 6.18 Å². The van der Waals surface area contributed by atoms with Gasteiger partial charge < -0.3 is 10.2 Å². The van der Waals surface area contributed by atoms with Gasteiger partial charge in [0, 0.05) is 25.3 Å². The number of aromatic nitrogens is 1. The number of halogens is 3. The molecule has 2 aliphatic rings. The highest BCUT2D eigenvalue weighted by atomic mass is 19.4. The normalized spacial score (nSPS) is 27.4. The molecular formula is C13H16F3N3. The van der Waals surface area contributed by atoms with Crippen LogP contribution in [-0.4, -0.2) is 30.7 Å². The number of nitrogens with one attached hydrogen (secondary N) is 1. The van der Waals surface area contributed by atoms with Crippen LogP contribution in [0.1, 0.15) is 18.4 Å². The van der Waals surface area contributed by atoms with Gasteiger partial charge in [-0.3, -0.25) is 0 Å². The fourth-order valence-corrected chi connectivity index (χ4v) is 2.97. The molecule has 0 unspecified atom stereocenters. The predicted molar refractivity (Wildman–Crippen MR) is 66.0 cm³/mol. The van der Waals surface area contributed by atoms with E-state index in [4.69, 9.17) is 0 Å². The predicted octanol–water partition coefficient (Wildman–Crippen LogP) is 2.29. The SMILES string of the molecule is FC(F)(F)c1ccc(N2C[C@@H]3CCCN[C@@H]3C2)nc1. The largest absolute Gasteiger partial charge is 0.417 e. The second-order valence-electron chi connectivity index (χ2n) is 5.27. The van der Waals surface area contributed by atoms with Crippen molar-refractivity contribution in [2.24, 2.45) is 5.92 Å². The molecule has 1 aromatic heterocycles. The first kappa shape index (κ1) is 12.7. The van der Waals surface area contributed by atoms with Gasteiger partial charge in [-0.1, -0.05) is 0 Å². The Labute approximate surface area is 109 Å². The fraction of sp³-hybridized carbons (Fsp3) is 0.615. The van der Waals surface area contributed by atoms with Crippen LogP contribution in [0, 0.1) is 5.92 Å². The zero-order chi connectivity index (χ0) is 13.5. The third-order valence-corrected chi connectivity index (χ3v) is 4.00. The molecule has 0 aromatic carbocycles. The quantitative estimate of drug-likeness (QED) is 0.849. The Kier molecular flexibility index (Phi) is 3.12. The molecule has 3 heterocycles. The summed E-state index contributed by atoms with van der Waals surface area (Å²) < 4.78 is 37.4. The second-order valence-corrected chi connectivity index (χ2v) is 5.27. The average Bonchev–Trinajstić information content (AvgIpc) is 2.81. The van der Waals surface area contributed by atoms with Crippen LogP contribution in [-0.2, 0) is 6.18 Å². The molecule has 3 rings (SSSR count). The molecule has 0 bridgehead atoms. The molecule has 19 heavy (non-hydrogen) atoms. The maximum Gasteiger partial charge on any atom is 0.417 e. The van der Waals surface area contributed by atoms with E-state index in [1.165, 1.54) is 18.9 Å². The summed E-state index contributed by atoms with van der Waals surface area (Å²) in [5, 5.41) is 3.47. The summed E-state index contributed by atoms with van der Waals surface area (Å²) >= 11 is 0. The number of nitrogens with zero attached hydrogens (tertiary/aromatic N) is 2. The molecule has 1 N–H and O–H groups in total. The van der Waals surface area contributed by atoms with Gasteiger partial charge in [0.1, 0.15) is 5.82 Å². The van der Waals surface area contributed by atoms with Gasteiger partial charge in [-0.15, -0.1) is 0 Å². The molecule has 0 aliphatic carbocycles. The lowest BCUT2D eigenvalue weighted by atomic mass is 9.94. The minimum absolute atomic E-state index is 0.456. The van der Waals surface area contributed by atoms with E-state index < -0.39 is 11.7 Å². The maximum absolute atomic E-state index is 12.5. The summed E-state index contributed by atoms with van der Waals surface area (Å²) in [5.41, 5.74) is -0.689. The van der Waals surface area contributed by atoms with Crippen LogP contribution in [0.4, 0.5) is 19.0 Å². The molecule has 3 nitrogen and oxygen atoms in total. The van der Waals surface area contributed by atoms with Gasteiger partial charge in [0.05, 0.1) is 5.56 Å². The topological polar surface area (TPSA) is 28.2 Å². The van der Waals surface area contributed by atoms with Crippen molar-refractivity contribution in [1.82, 2.24) is 10.3 Å². The third-order valence-electron chi connectivity index (χ3n) is 4.00. The lowest BCUT2D eigenvalue weighted by Gasteiger charge is -2.24. The minimum Gasteiger partial charge on any atom is -0.355 e. The Bertz CT molecular complexity index is 429. The molecule has 104 valence electrons. The van der Waals surface area contributed by atoms with Crippen LogP contribution in [0.25, 0.3) is 0 Å². The molecule has 0 radical (unpaired) electrons. The lowest BCUT2D eigenvalue weighted by Crippen LogP contribution is -2.40. The van der Waals surface area contributed by atoms with Gasteiger partial charge in [-0.05, 0) is 37.4 Å². The highest BCUT2D eigenvalue weighted by Gasteiger charge is 2.35. The highest BCUT2D eigenvalue weighted by molar-refractivity contribution is 5.42. The van der Waals surface area contributed by atoms with E-state index in [2.05, 4.69) is 15.2 Å². The summed E-state index contributed by atoms with van der Waals surface area (Å²) in [4.78, 5) is 6.04. The van der Waals surface area contributed by atoms with Gasteiger partial charge in [0.2, 0.25) is 0 Å². The molecule has 1 aromatic rings. The zero-order valence-corrected chi connectivity index (χ0v) is 10.5. The molecule has 2 fully saturated rings. The number of alkyl halides is 3. The lowest BCUT2D eigenvalue weighted by molar-refractivity contribution is -0.137. The van der Waals surface area contributed by atoms with Crippen molar-refractivity contribution in [2.45, 2.75) is 25.1 Å². The molecule has 6 heteroatoms. The van der Waals surface area contributed by atoms with E-state index in [0.717, 1.165) is 31.9 Å². The molecular weight excluding hydrogens is 255 g/mol. The van der Waals surface area contributed by atoms with Gasteiger partial charge in [-0.2, -0.15) is 13.2 Å². The summed E-state index contributed by atoms with van der Waals surface area (Å²) in [7, 11) is 0. The van der Waals surface area contributed by atoms with Crippen LogP contribution in [0.5, 0.6) is 0 Å². The molecule has 0 saturated carbocycles. The standard InChI is InChI=1S/C13H16F3N3/c14-13(15,16)10-3-4-12(18-6-10)19-7-9-2-1-5-17-11(9)8-19/h3-4,6,9,11,17H,1-2,5,7-8H2/t9-,11+/m0/s1. The van der Waals surface area contributed by atoms with Crippen LogP contribution in [0.15, 0.2) is 18.3 Å². The van der Waals surface area contributed by atoms with Crippen molar-refractivity contribution >= 4 is 5.82 Å². The number of hydrogen-bond donors (Lipinski definition) is 1. The van der Waals surface area contributed by atoms with Gasteiger partial charge in [0.15, 0.2) is 0 Å². The van der Waals surface area contributed by atoms with E-state index >= 15 is 0 Å². The van der Waals surface area contributed by atoms with E-state index in [0.29, 0.717) is 17.8 Å². The van der Waals surface area contributed by atoms with Crippen molar-refractivity contribution in [1.29, 1.82) is 0 Å². The Morgan fingerprint density at radius 1 is 1.26 bits per heavy atom. The summed E-state index contributed by atoms with van der Waals surface area (Å²) in [6.07, 6.45) is -1.03. The molecule has 0 amide bonds. The monoisotopic (exact) mass is 271 g/mol. The summed E-state index contributed by atoms with van der Waals surface area (Å²) in [5.74, 6) is 1.24. The maximum atomic E-state index is 12.5. The van der Waals surface area contributed by atoms with Crippen molar-refractivity contribution in [3.63, 3.8) is 0 Å². The van der Waals surface area contributed by atoms with Crippen molar-refractivity contribution in [3.8, 4) is 0 Å². The Hall–Kier alpha value is -1.30. The molecule has 2 aliphatic heterocycles. The van der Waals surface area contributed by atoms with Crippen LogP contribution >= 0.6 is 0 Å². The summed E-state index contributed by atoms with van der Waals surface area (Å²) in [6.45, 7) is 2.76. The van der Waals surface area contributed by atoms with E-state index in [1.54, 1.807) is 0 Å². The van der Waals surface area contributed by atoms with Crippen LogP contribution in [0.3, 0.4) is 0 Å². The average molecular weight is 271 g/mol. The highest BCUT2D eigenvalue weighted by Crippen LogP contribution is 2.31. The number of anilines is 1. The summed E-state index contributed by atoms with van der Waals surface area (Å²) in [6, 6.07) is 3.04.